The van der Waals surface area contributed by atoms with Gasteiger partial charge in [-0.2, -0.15) is 0 Å². The lowest BCUT2D eigenvalue weighted by Crippen LogP contribution is -2.26. The van der Waals surface area contributed by atoms with Crippen molar-refractivity contribution in [1.82, 2.24) is 4.90 Å². The third kappa shape index (κ3) is 3.25. The molecule has 1 rings (SSSR count). The van der Waals surface area contributed by atoms with Crippen LogP contribution in [0, 0.1) is 11.6 Å². The van der Waals surface area contributed by atoms with Crippen molar-refractivity contribution in [2.24, 2.45) is 5.73 Å². The van der Waals surface area contributed by atoms with Crippen molar-refractivity contribution in [2.45, 2.75) is 5.92 Å². The second-order valence-corrected chi connectivity index (χ2v) is 3.87. The Hall–Kier alpha value is -1.00. The molecule has 0 amide bonds. The summed E-state index contributed by atoms with van der Waals surface area (Å²) in [5, 5.41) is 0. The zero-order valence-corrected chi connectivity index (χ0v) is 9.00. The van der Waals surface area contributed by atoms with E-state index in [1.165, 1.54) is 6.07 Å². The fraction of sp³-hybridized carbons (Fsp3) is 0.455. The number of likely N-dealkylation sites (N-methyl/N-ethyl adjacent to an activating group) is 1. The first-order chi connectivity index (χ1) is 7.04. The van der Waals surface area contributed by atoms with Gasteiger partial charge in [-0.1, -0.05) is 6.07 Å². The maximum atomic E-state index is 13.0. The summed E-state index contributed by atoms with van der Waals surface area (Å²) in [5.74, 6) is -1.60. The van der Waals surface area contributed by atoms with Gasteiger partial charge < -0.3 is 10.6 Å². The lowest BCUT2D eigenvalue weighted by atomic mass is 9.98. The van der Waals surface area contributed by atoms with Crippen LogP contribution in [0.5, 0.6) is 0 Å². The minimum absolute atomic E-state index is 0.0371. The molecule has 0 aliphatic heterocycles. The Labute approximate surface area is 88.7 Å². The van der Waals surface area contributed by atoms with Gasteiger partial charge in [0, 0.05) is 19.0 Å². The second kappa shape index (κ2) is 5.19. The van der Waals surface area contributed by atoms with Gasteiger partial charge in [-0.15, -0.1) is 0 Å². The zero-order valence-electron chi connectivity index (χ0n) is 9.00. The van der Waals surface area contributed by atoms with Gasteiger partial charge in [0.1, 0.15) is 0 Å². The van der Waals surface area contributed by atoms with Crippen LogP contribution in [0.25, 0.3) is 0 Å². The predicted molar refractivity (Wildman–Crippen MR) is 56.7 cm³/mol. The van der Waals surface area contributed by atoms with Crippen molar-refractivity contribution in [2.75, 3.05) is 27.2 Å². The van der Waals surface area contributed by atoms with Crippen molar-refractivity contribution in [3.63, 3.8) is 0 Å². The van der Waals surface area contributed by atoms with Crippen LogP contribution < -0.4 is 5.73 Å². The van der Waals surface area contributed by atoms with E-state index in [9.17, 15) is 8.78 Å². The molecule has 1 atom stereocenters. The molecule has 0 aromatic heterocycles. The Morgan fingerprint density at radius 2 is 1.93 bits per heavy atom. The van der Waals surface area contributed by atoms with Crippen molar-refractivity contribution >= 4 is 0 Å². The zero-order chi connectivity index (χ0) is 11.4. The summed E-state index contributed by atoms with van der Waals surface area (Å²) in [7, 11) is 3.84. The van der Waals surface area contributed by atoms with Crippen LogP contribution >= 0.6 is 0 Å². The molecule has 1 aromatic rings. The summed E-state index contributed by atoms with van der Waals surface area (Å²) in [5.41, 5.74) is 6.34. The highest BCUT2D eigenvalue weighted by atomic mass is 19.2. The Kier molecular flexibility index (Phi) is 4.17. The summed E-state index contributed by atoms with van der Waals surface area (Å²) in [4.78, 5) is 1.97. The molecule has 0 aliphatic rings. The number of nitrogens with zero attached hydrogens (tertiary/aromatic N) is 1. The summed E-state index contributed by atoms with van der Waals surface area (Å²) >= 11 is 0. The van der Waals surface area contributed by atoms with Crippen LogP contribution in [0.3, 0.4) is 0 Å². The number of nitrogens with two attached hydrogens (primary N) is 1. The normalized spacial score (nSPS) is 13.2. The highest BCUT2D eigenvalue weighted by Gasteiger charge is 2.13. The summed E-state index contributed by atoms with van der Waals surface area (Å²) in [6.45, 7) is 1.14. The van der Waals surface area contributed by atoms with Crippen molar-refractivity contribution in [3.05, 3.63) is 35.4 Å². The maximum absolute atomic E-state index is 13.0. The van der Waals surface area contributed by atoms with Crippen LogP contribution in [-0.4, -0.2) is 32.1 Å². The quantitative estimate of drug-likeness (QED) is 0.824. The minimum Gasteiger partial charge on any atom is -0.330 e. The molecule has 2 N–H and O–H groups in total. The van der Waals surface area contributed by atoms with E-state index in [1.54, 1.807) is 6.07 Å². The molecule has 0 radical (unpaired) electrons. The lowest BCUT2D eigenvalue weighted by molar-refractivity contribution is 0.374. The van der Waals surface area contributed by atoms with E-state index in [1.807, 2.05) is 19.0 Å². The van der Waals surface area contributed by atoms with Gasteiger partial charge in [0.15, 0.2) is 11.6 Å². The molecule has 0 aliphatic carbocycles. The molecule has 0 fully saturated rings. The van der Waals surface area contributed by atoms with Crippen LogP contribution in [0.4, 0.5) is 8.78 Å². The molecule has 0 heterocycles. The Bertz CT molecular complexity index is 326. The van der Waals surface area contributed by atoms with E-state index in [0.29, 0.717) is 6.54 Å². The van der Waals surface area contributed by atoms with Crippen LogP contribution in [0.2, 0.25) is 0 Å². The van der Waals surface area contributed by atoms with E-state index in [-0.39, 0.29) is 5.92 Å². The molecule has 0 spiro atoms. The first kappa shape index (κ1) is 12.1. The van der Waals surface area contributed by atoms with E-state index in [2.05, 4.69) is 0 Å². The van der Waals surface area contributed by atoms with E-state index < -0.39 is 11.6 Å². The second-order valence-electron chi connectivity index (χ2n) is 3.87. The maximum Gasteiger partial charge on any atom is 0.159 e. The molecule has 1 unspecified atom stereocenters. The Morgan fingerprint density at radius 3 is 2.40 bits per heavy atom. The summed E-state index contributed by atoms with van der Waals surface area (Å²) in [6, 6.07) is 3.94. The van der Waals surface area contributed by atoms with Gasteiger partial charge >= 0.3 is 0 Å². The van der Waals surface area contributed by atoms with Gasteiger partial charge in [0.25, 0.3) is 0 Å². The van der Waals surface area contributed by atoms with Gasteiger partial charge in [0.05, 0.1) is 0 Å². The fourth-order valence-corrected chi connectivity index (χ4v) is 1.52. The summed E-state index contributed by atoms with van der Waals surface area (Å²) in [6.07, 6.45) is 0. The van der Waals surface area contributed by atoms with E-state index >= 15 is 0 Å². The molecule has 2 nitrogen and oxygen atoms in total. The van der Waals surface area contributed by atoms with Gasteiger partial charge in [0.2, 0.25) is 0 Å². The molecule has 0 bridgehead atoms. The lowest BCUT2D eigenvalue weighted by Gasteiger charge is -2.19. The van der Waals surface area contributed by atoms with Crippen LogP contribution in [0.15, 0.2) is 18.2 Å². The molecular weight excluding hydrogens is 198 g/mol. The summed E-state index contributed by atoms with van der Waals surface area (Å²) < 4.78 is 25.7. The topological polar surface area (TPSA) is 29.3 Å². The molecule has 0 saturated carbocycles. The average molecular weight is 214 g/mol. The molecule has 15 heavy (non-hydrogen) atoms. The highest BCUT2D eigenvalue weighted by Crippen LogP contribution is 2.18. The van der Waals surface area contributed by atoms with Crippen LogP contribution in [-0.2, 0) is 0 Å². The molecule has 0 saturated heterocycles. The van der Waals surface area contributed by atoms with Crippen molar-refractivity contribution < 1.29 is 8.78 Å². The largest absolute Gasteiger partial charge is 0.330 e. The standard InChI is InChI=1S/C11H16F2N2/c1-15(2)7-9(6-14)8-3-4-10(12)11(13)5-8/h3-5,9H,6-7,14H2,1-2H3. The fourth-order valence-electron chi connectivity index (χ4n) is 1.52. The minimum atomic E-state index is -0.820. The SMILES string of the molecule is CN(C)CC(CN)c1ccc(F)c(F)c1. The van der Waals surface area contributed by atoms with Gasteiger partial charge in [-0.3, -0.25) is 0 Å². The van der Waals surface area contributed by atoms with Gasteiger partial charge in [-0.25, -0.2) is 8.78 Å². The smallest absolute Gasteiger partial charge is 0.159 e. The first-order valence-electron chi connectivity index (χ1n) is 4.84. The highest BCUT2D eigenvalue weighted by molar-refractivity contribution is 5.22. The molecular formula is C11H16F2N2. The van der Waals surface area contributed by atoms with Crippen LogP contribution in [0.1, 0.15) is 11.5 Å². The number of halogens is 2. The Morgan fingerprint density at radius 1 is 1.27 bits per heavy atom. The number of hydrogen-bond acceptors (Lipinski definition) is 2. The van der Waals surface area contributed by atoms with Crippen molar-refractivity contribution in [3.8, 4) is 0 Å². The Balaban J connectivity index is 2.87. The van der Waals surface area contributed by atoms with E-state index in [0.717, 1.165) is 18.2 Å². The predicted octanol–water partition coefficient (Wildman–Crippen LogP) is 1.57. The van der Waals surface area contributed by atoms with Crippen molar-refractivity contribution in [1.29, 1.82) is 0 Å². The number of rotatable bonds is 4. The number of hydrogen-bond donors (Lipinski definition) is 1. The van der Waals surface area contributed by atoms with E-state index in [4.69, 9.17) is 5.73 Å². The molecule has 84 valence electrons. The third-order valence-corrected chi connectivity index (χ3v) is 2.29. The first-order valence-corrected chi connectivity index (χ1v) is 4.84. The number of benzene rings is 1. The third-order valence-electron chi connectivity index (χ3n) is 2.29. The monoisotopic (exact) mass is 214 g/mol. The molecule has 1 aromatic carbocycles. The molecule has 4 heteroatoms. The van der Waals surface area contributed by atoms with Gasteiger partial charge in [-0.05, 0) is 31.8 Å². The average Bonchev–Trinajstić information content (AvgIpc) is 2.18.